The van der Waals surface area contributed by atoms with E-state index in [-0.39, 0.29) is 12.5 Å². The second-order valence-corrected chi connectivity index (χ2v) is 7.02. The van der Waals surface area contributed by atoms with Gasteiger partial charge < -0.3 is 4.74 Å². The minimum absolute atomic E-state index is 0.0558. The highest BCUT2D eigenvalue weighted by atomic mass is 127. The van der Waals surface area contributed by atoms with Gasteiger partial charge >= 0.3 is 6.09 Å². The minimum atomic E-state index is -0.668. The Hall–Kier alpha value is -1.84. The molecule has 0 aromatic carbocycles. The molecule has 0 atom stereocenters. The number of aromatic nitrogens is 3. The SMILES string of the molecule is CC(C)(C)OC(=O)N(Cc1cncc(F)c1)c1ncc(I)cn1. The van der Waals surface area contributed by atoms with Crippen LogP contribution in [-0.2, 0) is 11.3 Å². The topological polar surface area (TPSA) is 68.2 Å². The molecule has 2 aromatic rings. The molecule has 0 saturated heterocycles. The lowest BCUT2D eigenvalue weighted by Crippen LogP contribution is -2.37. The Morgan fingerprint density at radius 3 is 2.48 bits per heavy atom. The predicted octanol–water partition coefficient (Wildman–Crippen LogP) is 3.56. The van der Waals surface area contributed by atoms with Crippen molar-refractivity contribution in [3.05, 3.63) is 45.8 Å². The molecule has 0 unspecified atom stereocenters. The average molecular weight is 430 g/mol. The van der Waals surface area contributed by atoms with Crippen LogP contribution in [0.4, 0.5) is 15.1 Å². The summed E-state index contributed by atoms with van der Waals surface area (Å²) in [5.74, 6) is -0.293. The van der Waals surface area contributed by atoms with Gasteiger partial charge in [0.1, 0.15) is 11.4 Å². The predicted molar refractivity (Wildman–Crippen MR) is 91.4 cm³/mol. The monoisotopic (exact) mass is 430 g/mol. The third-order valence-electron chi connectivity index (χ3n) is 2.56. The number of anilines is 1. The third-order valence-corrected chi connectivity index (χ3v) is 3.12. The van der Waals surface area contributed by atoms with Crippen LogP contribution in [0.5, 0.6) is 0 Å². The smallest absolute Gasteiger partial charge is 0.417 e. The number of carbonyl (C=O) groups is 1. The number of carbonyl (C=O) groups excluding carboxylic acids is 1. The molecule has 2 aromatic heterocycles. The van der Waals surface area contributed by atoms with Crippen LogP contribution in [0, 0.1) is 9.39 Å². The normalized spacial score (nSPS) is 11.2. The Balaban J connectivity index is 2.30. The molecule has 0 N–H and O–H groups in total. The molecule has 0 radical (unpaired) electrons. The van der Waals surface area contributed by atoms with E-state index in [0.717, 1.165) is 9.77 Å². The van der Waals surface area contributed by atoms with E-state index in [4.69, 9.17) is 4.74 Å². The van der Waals surface area contributed by atoms with Crippen molar-refractivity contribution in [2.24, 2.45) is 0 Å². The number of rotatable bonds is 3. The molecule has 122 valence electrons. The van der Waals surface area contributed by atoms with Gasteiger partial charge in [-0.05, 0) is 55.0 Å². The lowest BCUT2D eigenvalue weighted by molar-refractivity contribution is 0.0575. The van der Waals surface area contributed by atoms with Gasteiger partial charge in [-0.2, -0.15) is 0 Å². The summed E-state index contributed by atoms with van der Waals surface area (Å²) in [5, 5.41) is 0. The first-order valence-corrected chi connectivity index (χ1v) is 7.90. The first-order valence-electron chi connectivity index (χ1n) is 6.82. The van der Waals surface area contributed by atoms with E-state index in [0.29, 0.717) is 5.56 Å². The lowest BCUT2D eigenvalue weighted by atomic mass is 10.2. The molecule has 0 bridgehead atoms. The average Bonchev–Trinajstić information content (AvgIpc) is 2.44. The first kappa shape index (κ1) is 17.5. The molecule has 2 heterocycles. The Morgan fingerprint density at radius 1 is 1.26 bits per heavy atom. The van der Waals surface area contributed by atoms with Crippen LogP contribution < -0.4 is 4.90 Å². The highest BCUT2D eigenvalue weighted by molar-refractivity contribution is 14.1. The zero-order valence-corrected chi connectivity index (χ0v) is 15.1. The summed E-state index contributed by atoms with van der Waals surface area (Å²) in [6, 6.07) is 1.30. The van der Waals surface area contributed by atoms with Crippen LogP contribution in [0.25, 0.3) is 0 Å². The van der Waals surface area contributed by atoms with E-state index in [2.05, 4.69) is 37.5 Å². The summed E-state index contributed by atoms with van der Waals surface area (Å²) in [6.45, 7) is 5.35. The highest BCUT2D eigenvalue weighted by Crippen LogP contribution is 2.18. The molecule has 0 fully saturated rings. The third kappa shape index (κ3) is 5.38. The lowest BCUT2D eigenvalue weighted by Gasteiger charge is -2.26. The fourth-order valence-electron chi connectivity index (χ4n) is 1.70. The van der Waals surface area contributed by atoms with E-state index in [9.17, 15) is 9.18 Å². The van der Waals surface area contributed by atoms with Gasteiger partial charge in [-0.25, -0.2) is 24.1 Å². The molecule has 0 saturated carbocycles. The second kappa shape index (κ2) is 7.16. The van der Waals surface area contributed by atoms with E-state index < -0.39 is 17.5 Å². The molecule has 0 aliphatic heterocycles. The standard InChI is InChI=1S/C15H16FIN4O2/c1-15(2,3)23-14(22)21(13-19-7-12(17)8-20-13)9-10-4-11(16)6-18-5-10/h4-8H,9H2,1-3H3. The van der Waals surface area contributed by atoms with Crippen molar-refractivity contribution in [3.63, 3.8) is 0 Å². The molecule has 1 amide bonds. The molecule has 0 aliphatic rings. The van der Waals surface area contributed by atoms with Crippen molar-refractivity contribution in [3.8, 4) is 0 Å². The number of nitrogens with zero attached hydrogens (tertiary/aromatic N) is 4. The van der Waals surface area contributed by atoms with Crippen molar-refractivity contribution in [1.82, 2.24) is 15.0 Å². The van der Waals surface area contributed by atoms with Crippen LogP contribution in [0.1, 0.15) is 26.3 Å². The number of hydrogen-bond acceptors (Lipinski definition) is 5. The van der Waals surface area contributed by atoms with Gasteiger partial charge in [-0.15, -0.1) is 0 Å². The molecule has 0 spiro atoms. The van der Waals surface area contributed by atoms with Crippen molar-refractivity contribution in [1.29, 1.82) is 0 Å². The second-order valence-electron chi connectivity index (χ2n) is 5.78. The van der Waals surface area contributed by atoms with Crippen LogP contribution in [0.3, 0.4) is 0 Å². The van der Waals surface area contributed by atoms with Crippen LogP contribution in [0.15, 0.2) is 30.9 Å². The van der Waals surface area contributed by atoms with Crippen molar-refractivity contribution in [2.45, 2.75) is 32.9 Å². The minimum Gasteiger partial charge on any atom is -0.443 e. The number of hydrogen-bond donors (Lipinski definition) is 0. The summed E-state index contributed by atoms with van der Waals surface area (Å²) >= 11 is 2.07. The number of pyridine rings is 1. The van der Waals surface area contributed by atoms with Gasteiger partial charge in [0.05, 0.1) is 12.7 Å². The van der Waals surface area contributed by atoms with Crippen molar-refractivity contribution >= 4 is 34.6 Å². The summed E-state index contributed by atoms with van der Waals surface area (Å²) in [5.41, 5.74) is -0.156. The fourth-order valence-corrected chi connectivity index (χ4v) is 1.98. The molecule has 0 aliphatic carbocycles. The zero-order valence-electron chi connectivity index (χ0n) is 13.0. The number of amides is 1. The van der Waals surface area contributed by atoms with Crippen LogP contribution >= 0.6 is 22.6 Å². The molecule has 8 heteroatoms. The van der Waals surface area contributed by atoms with Crippen molar-refractivity contribution < 1.29 is 13.9 Å². The molecule has 23 heavy (non-hydrogen) atoms. The molecular formula is C15H16FIN4O2. The zero-order chi connectivity index (χ0) is 17.0. The summed E-state index contributed by atoms with van der Waals surface area (Å²) < 4.78 is 19.5. The number of halogens is 2. The highest BCUT2D eigenvalue weighted by Gasteiger charge is 2.25. The largest absolute Gasteiger partial charge is 0.443 e. The Morgan fingerprint density at radius 2 is 1.91 bits per heavy atom. The van der Waals surface area contributed by atoms with Gasteiger partial charge in [0, 0.05) is 22.2 Å². The maximum atomic E-state index is 13.3. The first-order chi connectivity index (χ1) is 10.7. The van der Waals surface area contributed by atoms with Crippen LogP contribution in [0.2, 0.25) is 0 Å². The van der Waals surface area contributed by atoms with E-state index >= 15 is 0 Å². The summed E-state index contributed by atoms with van der Waals surface area (Å²) in [7, 11) is 0. The number of ether oxygens (including phenoxy) is 1. The van der Waals surface area contributed by atoms with Gasteiger partial charge in [-0.1, -0.05) is 0 Å². The maximum Gasteiger partial charge on any atom is 0.417 e. The maximum absolute atomic E-state index is 13.3. The Kier molecular flexibility index (Phi) is 5.45. The van der Waals surface area contributed by atoms with Crippen molar-refractivity contribution in [2.75, 3.05) is 4.90 Å². The van der Waals surface area contributed by atoms with Crippen LogP contribution in [-0.4, -0.2) is 26.6 Å². The Labute approximate surface area is 147 Å². The van der Waals surface area contributed by atoms with E-state index in [1.807, 2.05) is 0 Å². The van der Waals surface area contributed by atoms with Gasteiger partial charge in [0.25, 0.3) is 0 Å². The summed E-state index contributed by atoms with van der Waals surface area (Å²) in [6.07, 6.45) is 5.15. The van der Waals surface area contributed by atoms with Gasteiger partial charge in [-0.3, -0.25) is 4.98 Å². The Bertz CT molecular complexity index is 689. The molecule has 6 nitrogen and oxygen atoms in total. The quantitative estimate of drug-likeness (QED) is 0.697. The summed E-state index contributed by atoms with van der Waals surface area (Å²) in [4.78, 5) is 25.8. The van der Waals surface area contributed by atoms with E-state index in [1.165, 1.54) is 17.2 Å². The molecule has 2 rings (SSSR count). The fraction of sp³-hybridized carbons (Fsp3) is 0.333. The van der Waals surface area contributed by atoms with E-state index in [1.54, 1.807) is 33.2 Å². The van der Waals surface area contributed by atoms with Gasteiger partial charge in [0.2, 0.25) is 5.95 Å². The van der Waals surface area contributed by atoms with Gasteiger partial charge in [0.15, 0.2) is 0 Å². The molecular weight excluding hydrogens is 414 g/mol.